The average molecular weight is 265 g/mol. The Morgan fingerprint density at radius 3 is 2.95 bits per heavy atom. The topological polar surface area (TPSA) is 77.7 Å². The molecule has 1 aromatic rings. The Hall–Kier alpha value is -1.82. The molecule has 1 aliphatic rings. The van der Waals surface area contributed by atoms with Gasteiger partial charge in [0.2, 0.25) is 0 Å². The molecule has 0 unspecified atom stereocenters. The van der Waals surface area contributed by atoms with E-state index in [1.807, 2.05) is 13.8 Å². The summed E-state index contributed by atoms with van der Waals surface area (Å²) in [7, 11) is 1.33. The van der Waals surface area contributed by atoms with Gasteiger partial charge in [-0.3, -0.25) is 0 Å². The molecule has 0 aliphatic carbocycles. The summed E-state index contributed by atoms with van der Waals surface area (Å²) in [4.78, 5) is 18.0. The van der Waals surface area contributed by atoms with Gasteiger partial charge in [0, 0.05) is 13.1 Å². The van der Waals surface area contributed by atoms with Gasteiger partial charge in [-0.1, -0.05) is 0 Å². The number of methoxy groups -OCH3 is 1. The van der Waals surface area contributed by atoms with E-state index in [1.54, 1.807) is 6.07 Å². The van der Waals surface area contributed by atoms with Crippen molar-refractivity contribution in [1.82, 2.24) is 4.98 Å². The second kappa shape index (κ2) is 5.05. The van der Waals surface area contributed by atoms with E-state index in [9.17, 15) is 4.79 Å². The Morgan fingerprint density at radius 2 is 2.32 bits per heavy atom. The third kappa shape index (κ3) is 2.96. The van der Waals surface area contributed by atoms with Gasteiger partial charge in [0.05, 0.1) is 36.8 Å². The number of anilines is 2. The lowest BCUT2D eigenvalue weighted by Gasteiger charge is -2.38. The van der Waals surface area contributed by atoms with Gasteiger partial charge in [0.15, 0.2) is 0 Å². The maximum absolute atomic E-state index is 11.6. The van der Waals surface area contributed by atoms with Crippen molar-refractivity contribution in [2.75, 3.05) is 37.4 Å². The van der Waals surface area contributed by atoms with Crippen LogP contribution in [0.1, 0.15) is 24.2 Å². The molecule has 0 radical (unpaired) electrons. The quantitative estimate of drug-likeness (QED) is 0.806. The molecule has 0 amide bonds. The van der Waals surface area contributed by atoms with E-state index in [1.165, 1.54) is 13.3 Å². The summed E-state index contributed by atoms with van der Waals surface area (Å²) in [6, 6.07) is 1.67. The Morgan fingerprint density at radius 1 is 1.58 bits per heavy atom. The first-order valence-electron chi connectivity index (χ1n) is 6.16. The zero-order valence-corrected chi connectivity index (χ0v) is 11.5. The molecule has 2 heterocycles. The van der Waals surface area contributed by atoms with Crippen molar-refractivity contribution in [3.63, 3.8) is 0 Å². The maximum Gasteiger partial charge on any atom is 0.340 e. The molecule has 1 aliphatic heterocycles. The van der Waals surface area contributed by atoms with Crippen LogP contribution in [0.2, 0.25) is 0 Å². The first-order chi connectivity index (χ1) is 8.93. The molecule has 104 valence electrons. The number of nitrogen functional groups attached to an aromatic ring is 1. The highest BCUT2D eigenvalue weighted by molar-refractivity contribution is 5.95. The van der Waals surface area contributed by atoms with Crippen molar-refractivity contribution in [1.29, 1.82) is 0 Å². The number of nitrogens with two attached hydrogens (primary N) is 1. The van der Waals surface area contributed by atoms with Gasteiger partial charge in [0.25, 0.3) is 0 Å². The summed E-state index contributed by atoms with van der Waals surface area (Å²) in [5.74, 6) is 0.264. The van der Waals surface area contributed by atoms with Gasteiger partial charge in [-0.15, -0.1) is 0 Å². The molecule has 2 rings (SSSR count). The van der Waals surface area contributed by atoms with Gasteiger partial charge in [-0.05, 0) is 19.9 Å². The highest BCUT2D eigenvalue weighted by atomic mass is 16.5. The number of carbonyl (C=O) groups excluding carboxylic acids is 1. The van der Waals surface area contributed by atoms with E-state index in [-0.39, 0.29) is 5.60 Å². The number of hydrogen-bond acceptors (Lipinski definition) is 6. The highest BCUT2D eigenvalue weighted by Crippen LogP contribution is 2.24. The molecule has 1 fully saturated rings. The second-order valence-electron chi connectivity index (χ2n) is 5.15. The standard InChI is InChI=1S/C13H19N3O3/c1-13(2)8-16(4-5-19-13)11-6-9(12(17)18-3)10(14)7-15-11/h6-7H,4-5,8,14H2,1-3H3. The number of ether oxygens (including phenoxy) is 2. The molecule has 0 atom stereocenters. The number of aromatic nitrogens is 1. The van der Waals surface area contributed by atoms with Crippen LogP contribution in [0.5, 0.6) is 0 Å². The number of carbonyl (C=O) groups is 1. The third-order valence-electron chi connectivity index (χ3n) is 3.08. The van der Waals surface area contributed by atoms with Crippen molar-refractivity contribution in [3.8, 4) is 0 Å². The largest absolute Gasteiger partial charge is 0.465 e. The Balaban J connectivity index is 2.28. The van der Waals surface area contributed by atoms with Crippen LogP contribution in [0.3, 0.4) is 0 Å². The number of esters is 1. The van der Waals surface area contributed by atoms with E-state index < -0.39 is 5.97 Å². The molecular formula is C13H19N3O3. The number of morpholine rings is 1. The smallest absolute Gasteiger partial charge is 0.340 e. The number of nitrogens with zero attached hydrogens (tertiary/aromatic N) is 2. The summed E-state index contributed by atoms with van der Waals surface area (Å²) in [6.45, 7) is 6.13. The fraction of sp³-hybridized carbons (Fsp3) is 0.538. The molecular weight excluding hydrogens is 246 g/mol. The average Bonchev–Trinajstić information content (AvgIpc) is 2.37. The molecule has 1 aromatic heterocycles. The third-order valence-corrected chi connectivity index (χ3v) is 3.08. The van der Waals surface area contributed by atoms with Crippen molar-refractivity contribution in [2.24, 2.45) is 0 Å². The fourth-order valence-corrected chi connectivity index (χ4v) is 2.13. The SMILES string of the molecule is COC(=O)c1cc(N2CCOC(C)(C)C2)ncc1N. The Labute approximate surface area is 112 Å². The van der Waals surface area contributed by atoms with Crippen LogP contribution in [-0.4, -0.2) is 43.4 Å². The predicted molar refractivity (Wildman–Crippen MR) is 72.2 cm³/mol. The summed E-state index contributed by atoms with van der Waals surface area (Å²) in [5, 5.41) is 0. The van der Waals surface area contributed by atoms with Crippen LogP contribution in [0.25, 0.3) is 0 Å². The first kappa shape index (κ1) is 13.6. The minimum atomic E-state index is -0.450. The fourth-order valence-electron chi connectivity index (χ4n) is 2.13. The number of rotatable bonds is 2. The number of pyridine rings is 1. The van der Waals surface area contributed by atoms with Gasteiger partial charge in [-0.2, -0.15) is 0 Å². The minimum Gasteiger partial charge on any atom is -0.465 e. The Bertz CT molecular complexity index is 488. The molecule has 1 saturated heterocycles. The highest BCUT2D eigenvalue weighted by Gasteiger charge is 2.28. The van der Waals surface area contributed by atoms with Crippen LogP contribution in [0.4, 0.5) is 11.5 Å². The molecule has 2 N–H and O–H groups in total. The normalized spacial score (nSPS) is 18.2. The zero-order valence-electron chi connectivity index (χ0n) is 11.5. The van der Waals surface area contributed by atoms with Gasteiger partial charge >= 0.3 is 5.97 Å². The first-order valence-corrected chi connectivity index (χ1v) is 6.16. The van der Waals surface area contributed by atoms with E-state index >= 15 is 0 Å². The van der Waals surface area contributed by atoms with Crippen LogP contribution in [0.15, 0.2) is 12.3 Å². The molecule has 0 aromatic carbocycles. The lowest BCUT2D eigenvalue weighted by Crippen LogP contribution is -2.48. The van der Waals surface area contributed by atoms with Crippen LogP contribution in [-0.2, 0) is 9.47 Å². The van der Waals surface area contributed by atoms with E-state index in [2.05, 4.69) is 9.88 Å². The van der Waals surface area contributed by atoms with Crippen LogP contribution in [0, 0.1) is 0 Å². The van der Waals surface area contributed by atoms with E-state index in [0.717, 1.165) is 6.54 Å². The van der Waals surface area contributed by atoms with Gasteiger partial charge in [-0.25, -0.2) is 9.78 Å². The summed E-state index contributed by atoms with van der Waals surface area (Å²) >= 11 is 0. The molecule has 19 heavy (non-hydrogen) atoms. The van der Waals surface area contributed by atoms with E-state index in [0.29, 0.717) is 30.2 Å². The van der Waals surface area contributed by atoms with Crippen molar-refractivity contribution in [2.45, 2.75) is 19.4 Å². The zero-order chi connectivity index (χ0) is 14.0. The predicted octanol–water partition coefficient (Wildman–Crippen LogP) is 1.07. The lowest BCUT2D eigenvalue weighted by atomic mass is 10.1. The van der Waals surface area contributed by atoms with Gasteiger partial charge in [0.1, 0.15) is 5.82 Å². The second-order valence-corrected chi connectivity index (χ2v) is 5.15. The van der Waals surface area contributed by atoms with Crippen molar-refractivity contribution in [3.05, 3.63) is 17.8 Å². The lowest BCUT2D eigenvalue weighted by molar-refractivity contribution is -0.0279. The summed E-state index contributed by atoms with van der Waals surface area (Å²) < 4.78 is 10.4. The Kier molecular flexibility index (Phi) is 3.61. The molecule has 6 heteroatoms. The minimum absolute atomic E-state index is 0.229. The molecule has 0 bridgehead atoms. The van der Waals surface area contributed by atoms with Crippen molar-refractivity contribution >= 4 is 17.5 Å². The van der Waals surface area contributed by atoms with Crippen LogP contribution >= 0.6 is 0 Å². The van der Waals surface area contributed by atoms with Gasteiger partial charge < -0.3 is 20.1 Å². The van der Waals surface area contributed by atoms with Crippen LogP contribution < -0.4 is 10.6 Å². The molecule has 6 nitrogen and oxygen atoms in total. The monoisotopic (exact) mass is 265 g/mol. The molecule has 0 spiro atoms. The number of hydrogen-bond donors (Lipinski definition) is 1. The maximum atomic E-state index is 11.6. The molecule has 0 saturated carbocycles. The summed E-state index contributed by atoms with van der Waals surface area (Å²) in [5.41, 5.74) is 6.18. The summed E-state index contributed by atoms with van der Waals surface area (Å²) in [6.07, 6.45) is 1.49. The van der Waals surface area contributed by atoms with E-state index in [4.69, 9.17) is 15.2 Å². The van der Waals surface area contributed by atoms with Crippen molar-refractivity contribution < 1.29 is 14.3 Å².